The third-order valence-electron chi connectivity index (χ3n) is 4.39. The van der Waals surface area contributed by atoms with E-state index in [1.54, 1.807) is 0 Å². The number of hydrogen-bond donors (Lipinski definition) is 0. The van der Waals surface area contributed by atoms with E-state index in [0.29, 0.717) is 0 Å². The molecule has 0 bridgehead atoms. The molecular formula is C31H28PtSi. The summed E-state index contributed by atoms with van der Waals surface area (Å²) in [4.78, 5) is 0. The Labute approximate surface area is 217 Å². The predicted molar refractivity (Wildman–Crippen MR) is 138 cm³/mol. The van der Waals surface area contributed by atoms with E-state index >= 15 is 0 Å². The molecule has 2 radical (unpaired) electrons. The maximum Gasteiger partial charge on any atom is 4.00 e. The Bertz CT molecular complexity index is 871. The van der Waals surface area contributed by atoms with Crippen molar-refractivity contribution in [2.24, 2.45) is 0 Å². The van der Waals surface area contributed by atoms with Crippen molar-refractivity contribution in [2.75, 3.05) is 0 Å². The second kappa shape index (κ2) is 18.8. The fourth-order valence-corrected chi connectivity index (χ4v) is 3.79. The summed E-state index contributed by atoms with van der Waals surface area (Å²) in [6, 6.07) is 44.0. The molecule has 1 aliphatic carbocycles. The van der Waals surface area contributed by atoms with Gasteiger partial charge in [0.25, 0.3) is 0 Å². The maximum atomic E-state index is 3.37. The van der Waals surface area contributed by atoms with Gasteiger partial charge in [-0.3, -0.25) is 6.08 Å². The first kappa shape index (κ1) is 28.3. The standard InChI is InChI=1S/C13H13Si.3C6H5.Pt/c1-10-6-5-9-13(11(10)2)14-12-7-3-4-8-12;3*1-2-4-6-5-3-1;/h3,5-7,9H,4H2,1-2H3;3*1-5H;/q4*-1;+4. The van der Waals surface area contributed by atoms with Crippen molar-refractivity contribution in [3.63, 3.8) is 0 Å². The van der Waals surface area contributed by atoms with Crippen LogP contribution < -0.4 is 5.19 Å². The van der Waals surface area contributed by atoms with E-state index in [4.69, 9.17) is 0 Å². The zero-order valence-corrected chi connectivity index (χ0v) is 22.3. The fraction of sp³-hybridized carbons (Fsp3) is 0.0968. The molecule has 0 heterocycles. The largest absolute Gasteiger partial charge is 4.00 e. The molecular weight excluding hydrogens is 596 g/mol. The average molecular weight is 624 g/mol. The van der Waals surface area contributed by atoms with Gasteiger partial charge in [0.05, 0.1) is 9.52 Å². The minimum atomic E-state index is 0. The molecule has 33 heavy (non-hydrogen) atoms. The smallest absolute Gasteiger partial charge is 0.274 e. The normalized spacial score (nSPS) is 10.5. The molecule has 2 heteroatoms. The van der Waals surface area contributed by atoms with Crippen LogP contribution >= 0.6 is 0 Å². The molecule has 0 fully saturated rings. The second-order valence-electron chi connectivity index (χ2n) is 6.80. The summed E-state index contributed by atoms with van der Waals surface area (Å²) in [5.41, 5.74) is 2.82. The van der Waals surface area contributed by atoms with Gasteiger partial charge in [0.1, 0.15) is 0 Å². The van der Waals surface area contributed by atoms with Gasteiger partial charge >= 0.3 is 21.1 Å². The summed E-state index contributed by atoms with van der Waals surface area (Å²) in [5.74, 6) is 0. The van der Waals surface area contributed by atoms with Gasteiger partial charge in [0.15, 0.2) is 0 Å². The third kappa shape index (κ3) is 13.4. The van der Waals surface area contributed by atoms with Crippen LogP contribution in [0, 0.1) is 38.1 Å². The molecule has 0 spiro atoms. The van der Waals surface area contributed by atoms with Crippen molar-refractivity contribution >= 4 is 14.7 Å². The van der Waals surface area contributed by atoms with Crippen LogP contribution in [-0.4, -0.2) is 9.52 Å². The van der Waals surface area contributed by atoms with Gasteiger partial charge in [0.2, 0.25) is 0 Å². The number of aryl methyl sites for hydroxylation is 1. The summed E-state index contributed by atoms with van der Waals surface area (Å²) < 4.78 is 0. The Morgan fingerprint density at radius 2 is 1.12 bits per heavy atom. The number of hydrogen-bond acceptors (Lipinski definition) is 0. The summed E-state index contributed by atoms with van der Waals surface area (Å²) in [6.45, 7) is 4.38. The molecule has 0 aromatic heterocycles. The molecule has 166 valence electrons. The van der Waals surface area contributed by atoms with Crippen LogP contribution in [0.15, 0.2) is 127 Å². The van der Waals surface area contributed by atoms with Gasteiger partial charge in [-0.05, 0) is 25.0 Å². The van der Waals surface area contributed by atoms with Gasteiger partial charge in [0, 0.05) is 0 Å². The molecule has 0 atom stereocenters. The topological polar surface area (TPSA) is 0 Å². The van der Waals surface area contributed by atoms with Crippen LogP contribution in [0.3, 0.4) is 0 Å². The van der Waals surface area contributed by atoms with Crippen molar-refractivity contribution in [3.8, 4) is 0 Å². The van der Waals surface area contributed by atoms with E-state index in [2.05, 4.69) is 68.5 Å². The Hall–Kier alpha value is -2.73. The molecule has 0 saturated carbocycles. The van der Waals surface area contributed by atoms with Gasteiger partial charge in [-0.1, -0.05) is 23.4 Å². The van der Waals surface area contributed by atoms with E-state index in [0.717, 1.165) is 15.9 Å². The molecule has 0 saturated heterocycles. The number of benzene rings is 4. The molecule has 1 aliphatic rings. The second-order valence-corrected chi connectivity index (χ2v) is 8.13. The monoisotopic (exact) mass is 623 g/mol. The van der Waals surface area contributed by atoms with Crippen LogP contribution in [-0.2, 0) is 21.1 Å². The van der Waals surface area contributed by atoms with Crippen LogP contribution in [0.5, 0.6) is 0 Å². The van der Waals surface area contributed by atoms with E-state index in [1.165, 1.54) is 21.5 Å². The number of allylic oxidation sites excluding steroid dienone is 4. The Morgan fingerprint density at radius 3 is 1.45 bits per heavy atom. The van der Waals surface area contributed by atoms with Crippen LogP contribution in [0.2, 0.25) is 0 Å². The van der Waals surface area contributed by atoms with Crippen LogP contribution in [0.1, 0.15) is 17.5 Å². The zero-order valence-electron chi connectivity index (χ0n) is 19.1. The van der Waals surface area contributed by atoms with E-state index < -0.39 is 0 Å². The number of rotatable bonds is 2. The average Bonchev–Trinajstić information content (AvgIpc) is 3.40. The molecule has 0 amide bonds. The SMILES string of the molecule is Cc1cccc([Si]C2=[C-]CC=C2)c1C.[Pt+4].[c-]1ccccc1.[c-]1ccccc1.[c-]1ccccc1. The fourth-order valence-electron chi connectivity index (χ4n) is 2.55. The molecule has 0 N–H and O–H groups in total. The predicted octanol–water partition coefficient (Wildman–Crippen LogP) is 6.74. The Balaban J connectivity index is 0.000000240. The first-order chi connectivity index (χ1) is 15.8. The molecule has 0 nitrogen and oxygen atoms in total. The summed E-state index contributed by atoms with van der Waals surface area (Å²) >= 11 is 0. The molecule has 0 unspecified atom stereocenters. The van der Waals surface area contributed by atoms with E-state index in [-0.39, 0.29) is 21.1 Å². The van der Waals surface area contributed by atoms with Crippen LogP contribution in [0.4, 0.5) is 0 Å². The van der Waals surface area contributed by atoms with Crippen molar-refractivity contribution < 1.29 is 21.1 Å². The Kier molecular flexibility index (Phi) is 16.1. The quantitative estimate of drug-likeness (QED) is 0.172. The van der Waals surface area contributed by atoms with Gasteiger partial charge in [-0.15, -0.1) is 6.42 Å². The Morgan fingerprint density at radius 1 is 0.636 bits per heavy atom. The minimum Gasteiger partial charge on any atom is -0.274 e. The van der Waals surface area contributed by atoms with Crippen molar-refractivity contribution in [1.82, 2.24) is 0 Å². The van der Waals surface area contributed by atoms with Gasteiger partial charge in [-0.25, -0.2) is 11.3 Å². The zero-order chi connectivity index (χ0) is 22.7. The third-order valence-corrected chi connectivity index (χ3v) is 5.81. The van der Waals surface area contributed by atoms with Crippen molar-refractivity contribution in [2.45, 2.75) is 20.3 Å². The van der Waals surface area contributed by atoms with Gasteiger partial charge < -0.3 is 0 Å². The summed E-state index contributed by atoms with van der Waals surface area (Å²) in [7, 11) is 0.772. The molecule has 5 rings (SSSR count). The minimum absolute atomic E-state index is 0. The first-order valence-electron chi connectivity index (χ1n) is 10.6. The van der Waals surface area contributed by atoms with E-state index in [9.17, 15) is 0 Å². The molecule has 4 aromatic carbocycles. The van der Waals surface area contributed by atoms with Crippen molar-refractivity contribution in [3.05, 3.63) is 162 Å². The van der Waals surface area contributed by atoms with Crippen LogP contribution in [0.25, 0.3) is 0 Å². The van der Waals surface area contributed by atoms with Gasteiger partial charge in [-0.2, -0.15) is 115 Å². The maximum absolute atomic E-state index is 3.37. The summed E-state index contributed by atoms with van der Waals surface area (Å²) in [6.07, 6.45) is 8.73. The summed E-state index contributed by atoms with van der Waals surface area (Å²) in [5, 5.41) is 2.82. The van der Waals surface area contributed by atoms with Crippen molar-refractivity contribution in [1.29, 1.82) is 0 Å². The van der Waals surface area contributed by atoms with E-state index in [1.807, 2.05) is 91.0 Å². The molecule has 0 aliphatic heterocycles. The molecule has 4 aromatic rings. The first-order valence-corrected chi connectivity index (χ1v) is 11.6.